The highest BCUT2D eigenvalue weighted by molar-refractivity contribution is 5.91. The van der Waals surface area contributed by atoms with E-state index in [4.69, 9.17) is 4.74 Å². The van der Waals surface area contributed by atoms with Crippen molar-refractivity contribution >= 4 is 5.97 Å². The molecule has 0 amide bonds. The number of halogens is 4. The normalized spacial score (nSPS) is 16.8. The molecule has 0 spiro atoms. The molecular formula is C15H16F4O2. The number of esters is 1. The third-order valence-electron chi connectivity index (χ3n) is 3.70. The van der Waals surface area contributed by atoms with Gasteiger partial charge in [-0.1, -0.05) is 25.3 Å². The van der Waals surface area contributed by atoms with Crippen molar-refractivity contribution in [2.24, 2.45) is 5.92 Å². The standard InChI is InChI=1S/C15H16F4O2/c16-12-8-4-7-11(15(17,18)19)13(12)14(20)21-9-10-5-2-1-3-6-10/h4,7-8,10H,1-3,5-6,9H2. The van der Waals surface area contributed by atoms with Gasteiger partial charge >= 0.3 is 12.1 Å². The second kappa shape index (κ2) is 6.45. The molecular weight excluding hydrogens is 288 g/mol. The molecule has 2 nitrogen and oxygen atoms in total. The lowest BCUT2D eigenvalue weighted by molar-refractivity contribution is -0.138. The van der Waals surface area contributed by atoms with Crippen LogP contribution < -0.4 is 0 Å². The third kappa shape index (κ3) is 3.95. The zero-order chi connectivity index (χ0) is 15.5. The Bertz CT molecular complexity index is 505. The molecule has 0 saturated heterocycles. The zero-order valence-electron chi connectivity index (χ0n) is 11.4. The van der Waals surface area contributed by atoms with E-state index < -0.39 is 29.1 Å². The summed E-state index contributed by atoms with van der Waals surface area (Å²) in [5.74, 6) is -2.30. The predicted octanol–water partition coefficient (Wildman–Crippen LogP) is 4.58. The predicted molar refractivity (Wildman–Crippen MR) is 68.3 cm³/mol. The van der Waals surface area contributed by atoms with Crippen molar-refractivity contribution in [3.8, 4) is 0 Å². The molecule has 0 N–H and O–H groups in total. The van der Waals surface area contributed by atoms with E-state index in [9.17, 15) is 22.4 Å². The van der Waals surface area contributed by atoms with Crippen LogP contribution >= 0.6 is 0 Å². The first-order valence-corrected chi connectivity index (χ1v) is 6.92. The molecule has 0 heterocycles. The summed E-state index contributed by atoms with van der Waals surface area (Å²) in [4.78, 5) is 11.8. The van der Waals surface area contributed by atoms with E-state index in [2.05, 4.69) is 0 Å². The maximum Gasteiger partial charge on any atom is 0.417 e. The fraction of sp³-hybridized carbons (Fsp3) is 0.533. The van der Waals surface area contributed by atoms with Gasteiger partial charge in [-0.3, -0.25) is 0 Å². The molecule has 1 aromatic carbocycles. The number of carbonyl (C=O) groups is 1. The van der Waals surface area contributed by atoms with Gasteiger partial charge in [0.15, 0.2) is 0 Å². The van der Waals surface area contributed by atoms with Gasteiger partial charge in [0.2, 0.25) is 0 Å². The average molecular weight is 304 g/mol. The second-order valence-electron chi connectivity index (χ2n) is 5.26. The van der Waals surface area contributed by atoms with Crippen molar-refractivity contribution in [3.63, 3.8) is 0 Å². The fourth-order valence-electron chi connectivity index (χ4n) is 2.59. The van der Waals surface area contributed by atoms with Gasteiger partial charge in [-0.05, 0) is 30.9 Å². The molecule has 0 aliphatic heterocycles. The Morgan fingerprint density at radius 3 is 2.48 bits per heavy atom. The lowest BCUT2D eigenvalue weighted by Gasteiger charge is -2.21. The molecule has 1 saturated carbocycles. The van der Waals surface area contributed by atoms with Crippen LogP contribution in [0.4, 0.5) is 17.6 Å². The van der Waals surface area contributed by atoms with Crippen LogP contribution in [0.15, 0.2) is 18.2 Å². The first kappa shape index (κ1) is 15.8. The molecule has 1 aliphatic carbocycles. The van der Waals surface area contributed by atoms with Gasteiger partial charge in [0.1, 0.15) is 11.4 Å². The Morgan fingerprint density at radius 2 is 1.86 bits per heavy atom. The number of carbonyl (C=O) groups excluding carboxylic acids is 1. The van der Waals surface area contributed by atoms with Crippen LogP contribution in [0.2, 0.25) is 0 Å². The van der Waals surface area contributed by atoms with E-state index in [1.54, 1.807) is 0 Å². The molecule has 2 rings (SSSR count). The van der Waals surface area contributed by atoms with Crippen molar-refractivity contribution in [2.45, 2.75) is 38.3 Å². The van der Waals surface area contributed by atoms with Crippen LogP contribution in [-0.4, -0.2) is 12.6 Å². The molecule has 21 heavy (non-hydrogen) atoms. The van der Waals surface area contributed by atoms with Gasteiger partial charge in [-0.15, -0.1) is 0 Å². The Morgan fingerprint density at radius 1 is 1.19 bits per heavy atom. The van der Waals surface area contributed by atoms with Crippen molar-refractivity contribution < 1.29 is 27.1 Å². The topological polar surface area (TPSA) is 26.3 Å². The molecule has 0 radical (unpaired) electrons. The highest BCUT2D eigenvalue weighted by Gasteiger charge is 2.37. The number of hydrogen-bond acceptors (Lipinski definition) is 2. The van der Waals surface area contributed by atoms with Crippen LogP contribution in [0.25, 0.3) is 0 Å². The molecule has 116 valence electrons. The number of benzene rings is 1. The lowest BCUT2D eigenvalue weighted by Crippen LogP contribution is -2.20. The fourth-order valence-corrected chi connectivity index (χ4v) is 2.59. The third-order valence-corrected chi connectivity index (χ3v) is 3.70. The largest absolute Gasteiger partial charge is 0.462 e. The van der Waals surface area contributed by atoms with E-state index in [0.29, 0.717) is 6.07 Å². The average Bonchev–Trinajstić information content (AvgIpc) is 2.44. The van der Waals surface area contributed by atoms with E-state index in [0.717, 1.165) is 44.2 Å². The van der Waals surface area contributed by atoms with E-state index in [-0.39, 0.29) is 12.5 Å². The molecule has 6 heteroatoms. The zero-order valence-corrected chi connectivity index (χ0v) is 11.4. The number of alkyl halides is 3. The van der Waals surface area contributed by atoms with Crippen LogP contribution in [0.5, 0.6) is 0 Å². The monoisotopic (exact) mass is 304 g/mol. The molecule has 0 unspecified atom stereocenters. The minimum absolute atomic E-state index is 0.0461. The molecule has 0 atom stereocenters. The molecule has 0 aromatic heterocycles. The van der Waals surface area contributed by atoms with E-state index in [1.165, 1.54) is 0 Å². The van der Waals surface area contributed by atoms with Gasteiger partial charge in [0.05, 0.1) is 12.2 Å². The Labute approximate surface area is 120 Å². The van der Waals surface area contributed by atoms with Gasteiger partial charge in [0, 0.05) is 0 Å². The highest BCUT2D eigenvalue weighted by Crippen LogP contribution is 2.33. The second-order valence-corrected chi connectivity index (χ2v) is 5.26. The summed E-state index contributed by atoms with van der Waals surface area (Å²) in [6.07, 6.45) is 0.149. The van der Waals surface area contributed by atoms with Crippen molar-refractivity contribution in [1.29, 1.82) is 0 Å². The van der Waals surface area contributed by atoms with Crippen LogP contribution in [-0.2, 0) is 10.9 Å². The Balaban J connectivity index is 2.11. The molecule has 0 bridgehead atoms. The van der Waals surface area contributed by atoms with Crippen molar-refractivity contribution in [3.05, 3.63) is 35.1 Å². The highest BCUT2D eigenvalue weighted by atomic mass is 19.4. The summed E-state index contributed by atoms with van der Waals surface area (Å²) in [5, 5.41) is 0. The summed E-state index contributed by atoms with van der Waals surface area (Å²) in [5.41, 5.74) is -2.32. The minimum Gasteiger partial charge on any atom is -0.462 e. The smallest absolute Gasteiger partial charge is 0.417 e. The number of hydrogen-bond donors (Lipinski definition) is 0. The lowest BCUT2D eigenvalue weighted by atomic mass is 9.90. The maximum absolute atomic E-state index is 13.6. The van der Waals surface area contributed by atoms with Crippen LogP contribution in [0.3, 0.4) is 0 Å². The minimum atomic E-state index is -4.79. The maximum atomic E-state index is 13.6. The first-order chi connectivity index (χ1) is 9.89. The van der Waals surface area contributed by atoms with Gasteiger partial charge in [-0.25, -0.2) is 9.18 Å². The quantitative estimate of drug-likeness (QED) is 0.603. The van der Waals surface area contributed by atoms with Crippen molar-refractivity contribution in [1.82, 2.24) is 0 Å². The summed E-state index contributed by atoms with van der Waals surface area (Å²) in [7, 11) is 0. The van der Waals surface area contributed by atoms with Crippen LogP contribution in [0.1, 0.15) is 48.0 Å². The van der Waals surface area contributed by atoms with E-state index in [1.807, 2.05) is 0 Å². The molecule has 1 aromatic rings. The van der Waals surface area contributed by atoms with Gasteiger partial charge in [-0.2, -0.15) is 13.2 Å². The molecule has 1 aliphatic rings. The Kier molecular flexibility index (Phi) is 4.85. The summed E-state index contributed by atoms with van der Waals surface area (Å²) >= 11 is 0. The SMILES string of the molecule is O=C(OCC1CCCCC1)c1c(F)cccc1C(F)(F)F. The number of ether oxygens (including phenoxy) is 1. The van der Waals surface area contributed by atoms with E-state index >= 15 is 0 Å². The molecule has 1 fully saturated rings. The summed E-state index contributed by atoms with van der Waals surface area (Å²) in [6.45, 7) is 0.0461. The first-order valence-electron chi connectivity index (χ1n) is 6.92. The van der Waals surface area contributed by atoms with Gasteiger partial charge in [0.25, 0.3) is 0 Å². The Hall–Kier alpha value is -1.59. The number of rotatable bonds is 3. The summed E-state index contributed by atoms with van der Waals surface area (Å²) in [6, 6.07) is 2.43. The van der Waals surface area contributed by atoms with Crippen molar-refractivity contribution in [2.75, 3.05) is 6.61 Å². The summed E-state index contributed by atoms with van der Waals surface area (Å²) < 4.78 is 56.9. The van der Waals surface area contributed by atoms with Crippen LogP contribution in [0, 0.1) is 11.7 Å². The van der Waals surface area contributed by atoms with Gasteiger partial charge < -0.3 is 4.74 Å².